The first kappa shape index (κ1) is 16.6. The molecule has 1 amide bonds. The number of aliphatic hydroxyl groups excluding tert-OH is 1. The van der Waals surface area contributed by atoms with Crippen molar-refractivity contribution in [1.82, 2.24) is 9.80 Å². The third-order valence-corrected chi connectivity index (χ3v) is 4.75. The van der Waals surface area contributed by atoms with Gasteiger partial charge in [-0.2, -0.15) is 0 Å². The van der Waals surface area contributed by atoms with Crippen LogP contribution in [0.15, 0.2) is 24.3 Å². The zero-order valence-electron chi connectivity index (χ0n) is 12.0. The summed E-state index contributed by atoms with van der Waals surface area (Å²) in [6.45, 7) is 4.11. The number of β-amino-alcohol motifs (C(OH)–C–C–N with tert-alkyl or cyclic N) is 1. The predicted octanol–water partition coefficient (Wildman–Crippen LogP) is 1.71. The van der Waals surface area contributed by atoms with E-state index in [4.69, 9.17) is 16.7 Å². The van der Waals surface area contributed by atoms with Gasteiger partial charge in [0.25, 0.3) is 0 Å². The van der Waals surface area contributed by atoms with Crippen molar-refractivity contribution < 1.29 is 9.90 Å². The Morgan fingerprint density at radius 3 is 2.71 bits per heavy atom. The average molecular weight is 329 g/mol. The Morgan fingerprint density at radius 1 is 1.29 bits per heavy atom. The monoisotopic (exact) mass is 328 g/mol. The fraction of sp³-hybridized carbons (Fsp3) is 0.533. The Balaban J connectivity index is 1.68. The van der Waals surface area contributed by atoms with Gasteiger partial charge in [-0.3, -0.25) is 9.69 Å². The summed E-state index contributed by atoms with van der Waals surface area (Å²) < 4.78 is 0. The quantitative estimate of drug-likeness (QED) is 0.863. The summed E-state index contributed by atoms with van der Waals surface area (Å²) >= 11 is 7.56. The largest absolute Gasteiger partial charge is 0.395 e. The van der Waals surface area contributed by atoms with E-state index in [0.717, 1.165) is 42.5 Å². The molecular formula is C15H21ClN2O2S. The van der Waals surface area contributed by atoms with Gasteiger partial charge >= 0.3 is 0 Å². The van der Waals surface area contributed by atoms with Crippen LogP contribution in [0.3, 0.4) is 0 Å². The van der Waals surface area contributed by atoms with E-state index in [1.807, 2.05) is 29.2 Å². The van der Waals surface area contributed by atoms with Crippen LogP contribution < -0.4 is 0 Å². The first-order valence-corrected chi connectivity index (χ1v) is 8.65. The van der Waals surface area contributed by atoms with Crippen molar-refractivity contribution in [2.24, 2.45) is 0 Å². The first-order valence-electron chi connectivity index (χ1n) is 7.12. The van der Waals surface area contributed by atoms with Crippen molar-refractivity contribution in [2.75, 3.05) is 45.1 Å². The lowest BCUT2D eigenvalue weighted by Crippen LogP contribution is -2.49. The standard InChI is InChI=1S/C15H21ClN2O2S/c16-14-3-1-2-13(10-14)11-21-12-15(20)18-6-4-17(5-7-18)8-9-19/h1-3,10,19H,4-9,11-12H2. The molecule has 0 spiro atoms. The summed E-state index contributed by atoms with van der Waals surface area (Å²) in [7, 11) is 0. The minimum atomic E-state index is 0.184. The highest BCUT2D eigenvalue weighted by molar-refractivity contribution is 7.99. The molecule has 1 heterocycles. The second-order valence-corrected chi connectivity index (χ2v) is 6.49. The number of hydrogen-bond donors (Lipinski definition) is 1. The smallest absolute Gasteiger partial charge is 0.232 e. The molecule has 0 saturated carbocycles. The van der Waals surface area contributed by atoms with Gasteiger partial charge in [-0.1, -0.05) is 23.7 Å². The summed E-state index contributed by atoms with van der Waals surface area (Å²) in [5.74, 6) is 1.51. The molecule has 0 radical (unpaired) electrons. The first-order chi connectivity index (χ1) is 10.2. The highest BCUT2D eigenvalue weighted by atomic mass is 35.5. The maximum Gasteiger partial charge on any atom is 0.232 e. The molecule has 0 aromatic heterocycles. The van der Waals surface area contributed by atoms with Crippen LogP contribution in [0.1, 0.15) is 5.56 Å². The fourth-order valence-corrected chi connectivity index (χ4v) is 3.42. The normalized spacial score (nSPS) is 16.2. The molecule has 0 atom stereocenters. The topological polar surface area (TPSA) is 43.8 Å². The Labute approximate surface area is 135 Å². The summed E-state index contributed by atoms with van der Waals surface area (Å²) in [4.78, 5) is 16.2. The van der Waals surface area contributed by atoms with Gasteiger partial charge in [0.2, 0.25) is 5.91 Å². The van der Waals surface area contributed by atoms with Gasteiger partial charge in [-0.15, -0.1) is 11.8 Å². The molecule has 1 aromatic carbocycles. The number of nitrogens with zero attached hydrogens (tertiary/aromatic N) is 2. The fourth-order valence-electron chi connectivity index (χ4n) is 2.34. The van der Waals surface area contributed by atoms with Crippen molar-refractivity contribution >= 4 is 29.3 Å². The molecule has 6 heteroatoms. The van der Waals surface area contributed by atoms with E-state index in [0.29, 0.717) is 12.3 Å². The van der Waals surface area contributed by atoms with Crippen molar-refractivity contribution in [3.05, 3.63) is 34.9 Å². The van der Waals surface area contributed by atoms with Gasteiger partial charge in [0, 0.05) is 43.5 Å². The Hall–Kier alpha value is -0.750. The lowest BCUT2D eigenvalue weighted by molar-refractivity contribution is -0.130. The van der Waals surface area contributed by atoms with Crippen LogP contribution in [0.5, 0.6) is 0 Å². The van der Waals surface area contributed by atoms with Crippen LogP contribution in [-0.4, -0.2) is 65.9 Å². The summed E-state index contributed by atoms with van der Waals surface area (Å²) in [6, 6.07) is 7.75. The summed E-state index contributed by atoms with van der Waals surface area (Å²) in [5.41, 5.74) is 1.15. The van der Waals surface area contributed by atoms with Gasteiger partial charge in [-0.05, 0) is 17.7 Å². The number of piperazine rings is 1. The number of amides is 1. The van der Waals surface area contributed by atoms with Crippen LogP contribution in [0.2, 0.25) is 5.02 Å². The number of carbonyl (C=O) groups excluding carboxylic acids is 1. The molecule has 1 fully saturated rings. The van der Waals surface area contributed by atoms with Gasteiger partial charge in [-0.25, -0.2) is 0 Å². The van der Waals surface area contributed by atoms with Crippen LogP contribution >= 0.6 is 23.4 Å². The number of rotatable bonds is 6. The van der Waals surface area contributed by atoms with E-state index < -0.39 is 0 Å². The summed E-state index contributed by atoms with van der Waals surface area (Å²) in [6.07, 6.45) is 0. The third kappa shape index (κ3) is 5.51. The van der Waals surface area contributed by atoms with Crippen LogP contribution in [0.25, 0.3) is 0 Å². The third-order valence-electron chi connectivity index (χ3n) is 3.52. The molecule has 1 N–H and O–H groups in total. The Bertz CT molecular complexity index is 465. The minimum absolute atomic E-state index is 0.184. The van der Waals surface area contributed by atoms with E-state index in [1.165, 1.54) is 0 Å². The molecule has 1 aliphatic rings. The van der Waals surface area contributed by atoms with Crippen LogP contribution in [0, 0.1) is 0 Å². The molecule has 116 valence electrons. The molecule has 1 aliphatic heterocycles. The van der Waals surface area contributed by atoms with E-state index >= 15 is 0 Å². The van der Waals surface area contributed by atoms with E-state index in [1.54, 1.807) is 11.8 Å². The van der Waals surface area contributed by atoms with Gasteiger partial charge in [0.15, 0.2) is 0 Å². The zero-order chi connectivity index (χ0) is 15.1. The molecule has 1 aromatic rings. The van der Waals surface area contributed by atoms with Crippen molar-refractivity contribution in [3.8, 4) is 0 Å². The predicted molar refractivity (Wildman–Crippen MR) is 87.7 cm³/mol. The van der Waals surface area contributed by atoms with Crippen molar-refractivity contribution in [2.45, 2.75) is 5.75 Å². The van der Waals surface area contributed by atoms with Crippen molar-refractivity contribution in [1.29, 1.82) is 0 Å². The molecule has 0 bridgehead atoms. The highest BCUT2D eigenvalue weighted by Crippen LogP contribution is 2.17. The van der Waals surface area contributed by atoms with Crippen molar-refractivity contribution in [3.63, 3.8) is 0 Å². The second kappa shape index (κ2) is 8.63. The highest BCUT2D eigenvalue weighted by Gasteiger charge is 2.20. The number of thioether (sulfide) groups is 1. The second-order valence-electron chi connectivity index (χ2n) is 5.07. The molecule has 21 heavy (non-hydrogen) atoms. The lowest BCUT2D eigenvalue weighted by atomic mass is 10.2. The van der Waals surface area contributed by atoms with Gasteiger partial charge in [0.1, 0.15) is 0 Å². The van der Waals surface area contributed by atoms with E-state index in [-0.39, 0.29) is 12.5 Å². The molecule has 1 saturated heterocycles. The average Bonchev–Trinajstić information content (AvgIpc) is 2.48. The number of aliphatic hydroxyl groups is 1. The molecular weight excluding hydrogens is 308 g/mol. The number of carbonyl (C=O) groups is 1. The molecule has 0 unspecified atom stereocenters. The van der Waals surface area contributed by atoms with Gasteiger partial charge in [0.05, 0.1) is 12.4 Å². The maximum atomic E-state index is 12.1. The lowest BCUT2D eigenvalue weighted by Gasteiger charge is -2.34. The van der Waals surface area contributed by atoms with Gasteiger partial charge < -0.3 is 10.0 Å². The molecule has 0 aliphatic carbocycles. The number of halogens is 1. The SMILES string of the molecule is O=C(CSCc1cccc(Cl)c1)N1CCN(CCO)CC1. The summed E-state index contributed by atoms with van der Waals surface area (Å²) in [5, 5.41) is 9.64. The van der Waals surface area contributed by atoms with Crippen LogP contribution in [-0.2, 0) is 10.5 Å². The molecule has 2 rings (SSSR count). The van der Waals surface area contributed by atoms with E-state index in [9.17, 15) is 4.79 Å². The zero-order valence-corrected chi connectivity index (χ0v) is 13.6. The van der Waals surface area contributed by atoms with Crippen LogP contribution in [0.4, 0.5) is 0 Å². The number of hydrogen-bond acceptors (Lipinski definition) is 4. The minimum Gasteiger partial charge on any atom is -0.395 e. The Kier molecular flexibility index (Phi) is 6.83. The molecule has 4 nitrogen and oxygen atoms in total. The number of benzene rings is 1. The van der Waals surface area contributed by atoms with E-state index in [2.05, 4.69) is 4.90 Å². The maximum absolute atomic E-state index is 12.1. The Morgan fingerprint density at radius 2 is 2.05 bits per heavy atom.